The predicted molar refractivity (Wildman–Crippen MR) is 49.0 cm³/mol. The fourth-order valence-corrected chi connectivity index (χ4v) is 0.899. The Morgan fingerprint density at radius 3 is 2.36 bits per heavy atom. The molecule has 0 aliphatic heterocycles. The fourth-order valence-electron chi connectivity index (χ4n) is 0.899. The Bertz CT molecular complexity index is 448. The molecule has 0 aliphatic rings. The summed E-state index contributed by atoms with van der Waals surface area (Å²) in [6.45, 7) is 0. The van der Waals surface area contributed by atoms with E-state index in [1.165, 1.54) is 18.2 Å². The number of nitriles is 2. The molecule has 68 valence electrons. The summed E-state index contributed by atoms with van der Waals surface area (Å²) in [7, 11) is 0. The summed E-state index contributed by atoms with van der Waals surface area (Å²) in [6, 6.07) is 7.25. The summed E-state index contributed by atoms with van der Waals surface area (Å²) in [5.74, 6) is -0.247. The number of nitrogens with zero attached hydrogens (tertiary/aromatic N) is 2. The summed E-state index contributed by atoms with van der Waals surface area (Å²) >= 11 is 0. The van der Waals surface area contributed by atoms with Crippen LogP contribution in [0.3, 0.4) is 0 Å². The van der Waals surface area contributed by atoms with Gasteiger partial charge in [0, 0.05) is 11.6 Å². The molecule has 0 radical (unpaired) electrons. The second-order valence-electron chi connectivity index (χ2n) is 2.52. The molecule has 4 heteroatoms. The van der Waals surface area contributed by atoms with Crippen molar-refractivity contribution in [2.45, 2.75) is 0 Å². The lowest BCUT2D eigenvalue weighted by atomic mass is 10.1. The molecule has 1 aromatic carbocycles. The summed E-state index contributed by atoms with van der Waals surface area (Å²) < 4.78 is 0. The maximum Gasteiger partial charge on any atom is 0.130 e. The molecule has 0 aromatic heterocycles. The molecule has 2 N–H and O–H groups in total. The minimum atomic E-state index is -0.173. The van der Waals surface area contributed by atoms with Crippen LogP contribution in [0, 0.1) is 22.7 Å². The van der Waals surface area contributed by atoms with Crippen molar-refractivity contribution in [2.75, 3.05) is 0 Å². The Balaban J connectivity index is 3.18. The first-order valence-electron chi connectivity index (χ1n) is 3.71. The second kappa shape index (κ2) is 3.97. The highest BCUT2D eigenvalue weighted by Gasteiger charge is 2.01. The Kier molecular flexibility index (Phi) is 2.73. The van der Waals surface area contributed by atoms with Gasteiger partial charge in [0.15, 0.2) is 0 Å². The number of aromatic hydroxyl groups is 2. The molecule has 0 spiro atoms. The molecule has 0 atom stereocenters. The number of rotatable bonds is 1. The van der Waals surface area contributed by atoms with Crippen LogP contribution in [0.15, 0.2) is 23.8 Å². The van der Waals surface area contributed by atoms with Gasteiger partial charge in [-0.05, 0) is 18.2 Å². The van der Waals surface area contributed by atoms with Crippen LogP contribution in [0.25, 0.3) is 6.08 Å². The molecular weight excluding hydrogens is 180 g/mol. The van der Waals surface area contributed by atoms with Crippen LogP contribution in [-0.2, 0) is 0 Å². The monoisotopic (exact) mass is 186 g/mol. The third-order valence-corrected chi connectivity index (χ3v) is 1.55. The van der Waals surface area contributed by atoms with Crippen molar-refractivity contribution >= 4 is 6.08 Å². The van der Waals surface area contributed by atoms with Gasteiger partial charge in [-0.1, -0.05) is 0 Å². The highest BCUT2D eigenvalue weighted by atomic mass is 16.3. The van der Waals surface area contributed by atoms with Crippen LogP contribution in [0.5, 0.6) is 11.5 Å². The molecule has 0 saturated carbocycles. The van der Waals surface area contributed by atoms with Gasteiger partial charge in [0.2, 0.25) is 0 Å². The van der Waals surface area contributed by atoms with Crippen LogP contribution >= 0.6 is 0 Å². The van der Waals surface area contributed by atoms with Crippen LogP contribution in [0.4, 0.5) is 0 Å². The topological polar surface area (TPSA) is 88.0 Å². The predicted octanol–water partition coefficient (Wildman–Crippen LogP) is 1.53. The zero-order valence-electron chi connectivity index (χ0n) is 7.10. The third-order valence-electron chi connectivity index (χ3n) is 1.55. The molecule has 0 unspecified atom stereocenters. The van der Waals surface area contributed by atoms with E-state index in [1.54, 1.807) is 12.1 Å². The van der Waals surface area contributed by atoms with Crippen molar-refractivity contribution < 1.29 is 10.2 Å². The van der Waals surface area contributed by atoms with E-state index in [0.29, 0.717) is 5.56 Å². The zero-order chi connectivity index (χ0) is 10.6. The first-order chi connectivity index (χ1) is 6.67. The average molecular weight is 186 g/mol. The van der Waals surface area contributed by atoms with Gasteiger partial charge in [-0.2, -0.15) is 10.5 Å². The lowest BCUT2D eigenvalue weighted by Crippen LogP contribution is -1.77. The van der Waals surface area contributed by atoms with Gasteiger partial charge in [0.25, 0.3) is 0 Å². The van der Waals surface area contributed by atoms with Crippen molar-refractivity contribution in [1.82, 2.24) is 0 Å². The number of benzene rings is 1. The van der Waals surface area contributed by atoms with Crippen LogP contribution in [0.2, 0.25) is 0 Å². The second-order valence-corrected chi connectivity index (χ2v) is 2.52. The Morgan fingerprint density at radius 2 is 1.86 bits per heavy atom. The molecule has 0 saturated heterocycles. The van der Waals surface area contributed by atoms with Crippen molar-refractivity contribution in [1.29, 1.82) is 10.5 Å². The molecule has 0 amide bonds. The van der Waals surface area contributed by atoms with Crippen LogP contribution < -0.4 is 0 Å². The number of hydrogen-bond donors (Lipinski definition) is 2. The molecule has 0 bridgehead atoms. The van der Waals surface area contributed by atoms with E-state index >= 15 is 0 Å². The molecule has 4 nitrogen and oxygen atoms in total. The SMILES string of the molecule is N#CC(C#N)=Cc1ccc(O)cc1O. The largest absolute Gasteiger partial charge is 0.508 e. The first kappa shape index (κ1) is 9.63. The number of allylic oxidation sites excluding steroid dienone is 1. The lowest BCUT2D eigenvalue weighted by molar-refractivity contribution is 0.450. The third kappa shape index (κ3) is 2.02. The van der Waals surface area contributed by atoms with E-state index < -0.39 is 0 Å². The maximum absolute atomic E-state index is 9.31. The standard InChI is InChI=1S/C10H6N2O2/c11-5-7(6-12)3-8-1-2-9(13)4-10(8)14/h1-4,13-14H. The summed E-state index contributed by atoms with van der Waals surface area (Å²) in [5, 5.41) is 35.2. The lowest BCUT2D eigenvalue weighted by Gasteiger charge is -1.98. The van der Waals surface area contributed by atoms with E-state index in [9.17, 15) is 5.11 Å². The van der Waals surface area contributed by atoms with Gasteiger partial charge in [-0.3, -0.25) is 0 Å². The first-order valence-corrected chi connectivity index (χ1v) is 3.71. The number of phenols is 2. The number of phenolic OH excluding ortho intramolecular Hbond substituents is 2. The Hall–Kier alpha value is -2.46. The molecule has 0 fully saturated rings. The molecule has 14 heavy (non-hydrogen) atoms. The molecule has 1 aromatic rings. The molecular formula is C10H6N2O2. The Labute approximate surface area is 80.6 Å². The van der Waals surface area contributed by atoms with Crippen LogP contribution in [-0.4, -0.2) is 10.2 Å². The minimum absolute atomic E-state index is 0.0740. The molecule has 0 aliphatic carbocycles. The van der Waals surface area contributed by atoms with Gasteiger partial charge < -0.3 is 10.2 Å². The van der Waals surface area contributed by atoms with Gasteiger partial charge in [-0.25, -0.2) is 0 Å². The van der Waals surface area contributed by atoms with Gasteiger partial charge >= 0.3 is 0 Å². The fraction of sp³-hybridized carbons (Fsp3) is 0. The highest BCUT2D eigenvalue weighted by Crippen LogP contribution is 2.24. The van der Waals surface area contributed by atoms with E-state index in [-0.39, 0.29) is 17.1 Å². The van der Waals surface area contributed by atoms with E-state index in [2.05, 4.69) is 0 Å². The molecule has 1 rings (SSSR count). The smallest absolute Gasteiger partial charge is 0.130 e. The van der Waals surface area contributed by atoms with Gasteiger partial charge in [0.1, 0.15) is 29.2 Å². The van der Waals surface area contributed by atoms with Gasteiger partial charge in [-0.15, -0.1) is 0 Å². The Morgan fingerprint density at radius 1 is 1.21 bits per heavy atom. The van der Waals surface area contributed by atoms with Gasteiger partial charge in [0.05, 0.1) is 0 Å². The minimum Gasteiger partial charge on any atom is -0.508 e. The summed E-state index contributed by atoms with van der Waals surface area (Å²) in [4.78, 5) is 0. The normalized spacial score (nSPS) is 8.43. The quantitative estimate of drug-likeness (QED) is 0.651. The van der Waals surface area contributed by atoms with E-state index in [1.807, 2.05) is 0 Å². The van der Waals surface area contributed by atoms with Crippen molar-refractivity contribution in [3.63, 3.8) is 0 Å². The average Bonchev–Trinajstić information content (AvgIpc) is 2.17. The van der Waals surface area contributed by atoms with Crippen molar-refractivity contribution in [2.24, 2.45) is 0 Å². The van der Waals surface area contributed by atoms with E-state index in [4.69, 9.17) is 15.6 Å². The summed E-state index contributed by atoms with van der Waals surface area (Å²) in [5.41, 5.74) is 0.215. The highest BCUT2D eigenvalue weighted by molar-refractivity contribution is 5.66. The van der Waals surface area contributed by atoms with Crippen molar-refractivity contribution in [3.05, 3.63) is 29.3 Å². The van der Waals surface area contributed by atoms with E-state index in [0.717, 1.165) is 6.07 Å². The zero-order valence-corrected chi connectivity index (χ0v) is 7.10. The van der Waals surface area contributed by atoms with Crippen LogP contribution in [0.1, 0.15) is 5.56 Å². The molecule has 0 heterocycles. The number of hydrogen-bond acceptors (Lipinski definition) is 4. The van der Waals surface area contributed by atoms with Crippen molar-refractivity contribution in [3.8, 4) is 23.6 Å². The summed E-state index contributed by atoms with van der Waals surface area (Å²) in [6.07, 6.45) is 1.24. The maximum atomic E-state index is 9.31.